The number of carbonyl (C=O) groups excluding carboxylic acids is 3. The van der Waals surface area contributed by atoms with Crippen LogP contribution in [0.1, 0.15) is 6.92 Å². The predicted octanol–water partition coefficient (Wildman–Crippen LogP) is 1.47. The highest BCUT2D eigenvalue weighted by Crippen LogP contribution is 2.29. The molecule has 0 saturated heterocycles. The highest BCUT2D eigenvalue weighted by Gasteiger charge is 2.29. The first-order valence-corrected chi connectivity index (χ1v) is 7.24. The SMILES string of the molecule is CC(=O)NCC(=O)NCC(=O)Nc1cc(Cl)ccc1OCC(F)(F)F. The number of halogens is 4. The molecule has 0 radical (unpaired) electrons. The van der Waals surface area contributed by atoms with Crippen LogP contribution in [0.4, 0.5) is 18.9 Å². The molecule has 0 aromatic heterocycles. The number of hydrogen-bond donors (Lipinski definition) is 3. The molecule has 7 nitrogen and oxygen atoms in total. The zero-order valence-corrected chi connectivity index (χ0v) is 13.8. The number of benzene rings is 1. The molecule has 0 aliphatic carbocycles. The summed E-state index contributed by atoms with van der Waals surface area (Å²) in [5, 5.41) is 6.93. The van der Waals surface area contributed by atoms with E-state index in [1.807, 2.05) is 0 Å². The van der Waals surface area contributed by atoms with Gasteiger partial charge in [0.2, 0.25) is 17.7 Å². The third kappa shape index (κ3) is 8.80. The number of nitrogens with one attached hydrogen (secondary N) is 3. The van der Waals surface area contributed by atoms with Gasteiger partial charge in [0, 0.05) is 11.9 Å². The lowest BCUT2D eigenvalue weighted by molar-refractivity contribution is -0.153. The summed E-state index contributed by atoms with van der Waals surface area (Å²) in [5.74, 6) is -1.95. The minimum atomic E-state index is -4.54. The molecule has 3 N–H and O–H groups in total. The van der Waals surface area contributed by atoms with Crippen molar-refractivity contribution < 1.29 is 32.3 Å². The van der Waals surface area contributed by atoms with Crippen molar-refractivity contribution in [2.45, 2.75) is 13.1 Å². The van der Waals surface area contributed by atoms with E-state index in [9.17, 15) is 27.6 Å². The van der Waals surface area contributed by atoms with Crippen LogP contribution in [0.15, 0.2) is 18.2 Å². The van der Waals surface area contributed by atoms with E-state index in [2.05, 4.69) is 20.7 Å². The van der Waals surface area contributed by atoms with Gasteiger partial charge < -0.3 is 20.7 Å². The first-order chi connectivity index (χ1) is 11.6. The van der Waals surface area contributed by atoms with Crippen molar-refractivity contribution in [2.24, 2.45) is 0 Å². The Hall–Kier alpha value is -2.49. The fourth-order valence-electron chi connectivity index (χ4n) is 1.53. The third-order valence-electron chi connectivity index (χ3n) is 2.55. The van der Waals surface area contributed by atoms with Gasteiger partial charge in [-0.05, 0) is 18.2 Å². The maximum atomic E-state index is 12.2. The average molecular weight is 382 g/mol. The number of hydrogen-bond acceptors (Lipinski definition) is 4. The van der Waals surface area contributed by atoms with E-state index < -0.39 is 37.0 Å². The van der Waals surface area contributed by atoms with Crippen molar-refractivity contribution in [1.82, 2.24) is 10.6 Å². The summed E-state index contributed by atoms with van der Waals surface area (Å²) in [6.45, 7) is -1.07. The van der Waals surface area contributed by atoms with E-state index in [1.165, 1.54) is 25.1 Å². The summed E-state index contributed by atoms with van der Waals surface area (Å²) in [6.07, 6.45) is -4.54. The lowest BCUT2D eigenvalue weighted by Crippen LogP contribution is -2.39. The molecular weight excluding hydrogens is 367 g/mol. The number of rotatable bonds is 7. The molecule has 0 heterocycles. The summed E-state index contributed by atoms with van der Waals surface area (Å²) < 4.78 is 41.3. The van der Waals surface area contributed by atoms with E-state index in [-0.39, 0.29) is 23.0 Å². The van der Waals surface area contributed by atoms with Gasteiger partial charge in [-0.1, -0.05) is 11.6 Å². The largest absolute Gasteiger partial charge is 0.482 e. The second-order valence-electron chi connectivity index (χ2n) is 4.78. The summed E-state index contributed by atoms with van der Waals surface area (Å²) >= 11 is 5.75. The van der Waals surface area contributed by atoms with Crippen LogP contribution in [0.2, 0.25) is 5.02 Å². The Labute approximate surface area is 145 Å². The molecule has 1 aromatic rings. The quantitative estimate of drug-likeness (QED) is 0.666. The van der Waals surface area contributed by atoms with E-state index in [0.717, 1.165) is 0 Å². The zero-order chi connectivity index (χ0) is 19.0. The maximum Gasteiger partial charge on any atom is 0.422 e. The van der Waals surface area contributed by atoms with Crippen LogP contribution >= 0.6 is 11.6 Å². The van der Waals surface area contributed by atoms with Crippen molar-refractivity contribution in [1.29, 1.82) is 0 Å². The second kappa shape index (κ2) is 9.11. The molecule has 0 aliphatic rings. The molecule has 1 rings (SSSR count). The van der Waals surface area contributed by atoms with Gasteiger partial charge >= 0.3 is 6.18 Å². The fourth-order valence-corrected chi connectivity index (χ4v) is 1.70. The van der Waals surface area contributed by atoms with Crippen LogP contribution in [-0.4, -0.2) is 43.6 Å². The van der Waals surface area contributed by atoms with Crippen molar-refractivity contribution in [3.05, 3.63) is 23.2 Å². The van der Waals surface area contributed by atoms with Crippen LogP contribution in [0.3, 0.4) is 0 Å². The van der Waals surface area contributed by atoms with E-state index in [0.29, 0.717) is 0 Å². The summed E-state index contributed by atoms with van der Waals surface area (Å²) in [5.41, 5.74) is -0.0714. The van der Waals surface area contributed by atoms with Crippen LogP contribution in [0.25, 0.3) is 0 Å². The Morgan fingerprint density at radius 1 is 1.12 bits per heavy atom. The standard InChI is InChI=1S/C14H15ClF3N3O4/c1-8(22)19-5-12(23)20-6-13(24)21-10-4-9(15)2-3-11(10)25-7-14(16,17)18/h2-4H,5-7H2,1H3,(H,19,22)(H,20,23)(H,21,24). The van der Waals surface area contributed by atoms with Gasteiger partial charge in [-0.15, -0.1) is 0 Å². The molecule has 25 heavy (non-hydrogen) atoms. The molecule has 0 saturated carbocycles. The number of amides is 3. The maximum absolute atomic E-state index is 12.2. The van der Waals surface area contributed by atoms with Crippen molar-refractivity contribution >= 4 is 35.0 Å². The van der Waals surface area contributed by atoms with E-state index in [4.69, 9.17) is 11.6 Å². The van der Waals surface area contributed by atoms with Crippen LogP contribution < -0.4 is 20.7 Å². The lowest BCUT2D eigenvalue weighted by atomic mass is 10.3. The van der Waals surface area contributed by atoms with Gasteiger partial charge in [0.15, 0.2) is 6.61 Å². The zero-order valence-electron chi connectivity index (χ0n) is 13.0. The first kappa shape index (κ1) is 20.6. The smallest absolute Gasteiger partial charge is 0.422 e. The molecular formula is C14H15ClF3N3O4. The van der Waals surface area contributed by atoms with Gasteiger partial charge in [-0.25, -0.2) is 0 Å². The molecule has 138 valence electrons. The molecule has 1 aromatic carbocycles. The van der Waals surface area contributed by atoms with E-state index >= 15 is 0 Å². The Bertz CT molecular complexity index is 653. The molecule has 0 spiro atoms. The average Bonchev–Trinajstić information content (AvgIpc) is 2.49. The minimum absolute atomic E-state index is 0.0714. The predicted molar refractivity (Wildman–Crippen MR) is 83.3 cm³/mol. The molecule has 3 amide bonds. The van der Waals surface area contributed by atoms with Gasteiger partial charge in [-0.3, -0.25) is 14.4 Å². The minimum Gasteiger partial charge on any atom is -0.482 e. The topological polar surface area (TPSA) is 96.5 Å². The van der Waals surface area contributed by atoms with Crippen molar-refractivity contribution in [3.8, 4) is 5.75 Å². The summed E-state index contributed by atoms with van der Waals surface area (Å²) in [7, 11) is 0. The molecule has 11 heteroatoms. The normalized spacial score (nSPS) is 10.8. The van der Waals surface area contributed by atoms with Crippen LogP contribution in [0, 0.1) is 0 Å². The number of anilines is 1. The second-order valence-corrected chi connectivity index (χ2v) is 5.22. The molecule has 0 unspecified atom stereocenters. The van der Waals surface area contributed by atoms with Gasteiger partial charge in [0.1, 0.15) is 5.75 Å². The number of alkyl halides is 3. The Balaban J connectivity index is 2.62. The van der Waals surface area contributed by atoms with Gasteiger partial charge in [-0.2, -0.15) is 13.2 Å². The van der Waals surface area contributed by atoms with Crippen molar-refractivity contribution in [3.63, 3.8) is 0 Å². The third-order valence-corrected chi connectivity index (χ3v) is 2.79. The highest BCUT2D eigenvalue weighted by atomic mass is 35.5. The number of carbonyl (C=O) groups is 3. The molecule has 0 bridgehead atoms. The Kier molecular flexibility index (Phi) is 7.49. The Morgan fingerprint density at radius 2 is 1.76 bits per heavy atom. The summed E-state index contributed by atoms with van der Waals surface area (Å²) in [4.78, 5) is 33.8. The van der Waals surface area contributed by atoms with Crippen molar-refractivity contribution in [2.75, 3.05) is 25.0 Å². The van der Waals surface area contributed by atoms with Crippen LogP contribution in [-0.2, 0) is 14.4 Å². The molecule has 0 aliphatic heterocycles. The van der Waals surface area contributed by atoms with Crippen LogP contribution in [0.5, 0.6) is 5.75 Å². The number of ether oxygens (including phenoxy) is 1. The Morgan fingerprint density at radius 3 is 2.36 bits per heavy atom. The summed E-state index contributed by atoms with van der Waals surface area (Å²) in [6, 6.07) is 3.70. The van der Waals surface area contributed by atoms with E-state index in [1.54, 1.807) is 0 Å². The van der Waals surface area contributed by atoms with Gasteiger partial charge in [0.25, 0.3) is 0 Å². The highest BCUT2D eigenvalue weighted by molar-refractivity contribution is 6.31. The fraction of sp³-hybridized carbons (Fsp3) is 0.357. The monoisotopic (exact) mass is 381 g/mol. The molecule has 0 atom stereocenters. The molecule has 0 fully saturated rings. The van der Waals surface area contributed by atoms with Gasteiger partial charge in [0.05, 0.1) is 18.8 Å². The first-order valence-electron chi connectivity index (χ1n) is 6.87. The lowest BCUT2D eigenvalue weighted by Gasteiger charge is -2.14.